The molecule has 2 aromatic heterocycles. The molecule has 10 rings (SSSR count). The predicted octanol–water partition coefficient (Wildman–Crippen LogP) is 10.9. The van der Waals surface area contributed by atoms with Crippen LogP contribution in [0.3, 0.4) is 0 Å². The number of ether oxygens (including phenoxy) is 6. The van der Waals surface area contributed by atoms with Gasteiger partial charge in [-0.2, -0.15) is 13.2 Å². The van der Waals surface area contributed by atoms with Crippen molar-refractivity contribution in [1.29, 1.82) is 0 Å². The van der Waals surface area contributed by atoms with Crippen LogP contribution in [0.2, 0.25) is 0 Å². The van der Waals surface area contributed by atoms with Crippen molar-refractivity contribution < 1.29 is 112 Å². The molecule has 2 saturated carbocycles. The molecule has 90 heavy (non-hydrogen) atoms. The number of benzene rings is 2. The van der Waals surface area contributed by atoms with Gasteiger partial charge in [-0.3, -0.25) is 23.6 Å². The summed E-state index contributed by atoms with van der Waals surface area (Å²) in [5.74, 6) is -3.01. The second-order valence-corrected chi connectivity index (χ2v) is 27.4. The summed E-state index contributed by atoms with van der Waals surface area (Å²) in [6.45, 7) is 14.3. The van der Waals surface area contributed by atoms with E-state index in [0.29, 0.717) is 84.0 Å². The summed E-state index contributed by atoms with van der Waals surface area (Å²) in [6, 6.07) is 9.08. The molecular weight excluding hydrogens is 1250 g/mol. The van der Waals surface area contributed by atoms with Crippen LogP contribution in [0, 0.1) is 46.3 Å². The van der Waals surface area contributed by atoms with Crippen molar-refractivity contribution in [1.82, 2.24) is 29.7 Å². The first kappa shape index (κ1) is 71.9. The van der Waals surface area contributed by atoms with Gasteiger partial charge < -0.3 is 47.8 Å². The summed E-state index contributed by atoms with van der Waals surface area (Å²) in [7, 11) is 3.15. The van der Waals surface area contributed by atoms with Crippen LogP contribution >= 0.6 is 0 Å². The quantitative estimate of drug-likeness (QED) is 0.0955. The molecule has 24 heteroatoms. The number of hydrogen-bond donors (Lipinski definition) is 0. The molecule has 18 nitrogen and oxygen atoms in total. The topological polar surface area (TPSA) is 216 Å². The largest absolute Gasteiger partial charge is 0.540 e. The summed E-state index contributed by atoms with van der Waals surface area (Å²) in [5, 5.41) is 0. The average molecular weight is 1330 g/mol. The van der Waals surface area contributed by atoms with E-state index in [1.165, 1.54) is 9.80 Å². The summed E-state index contributed by atoms with van der Waals surface area (Å²) >= 11 is 0. The number of fused-ring (bicyclic) bond motifs is 10. The second kappa shape index (κ2) is 29.2. The van der Waals surface area contributed by atoms with Crippen LogP contribution in [0.5, 0.6) is 23.3 Å². The third-order valence-electron chi connectivity index (χ3n) is 19.1. The molecule has 2 aromatic carbocycles. The number of halogens is 4. The first-order valence-corrected chi connectivity index (χ1v) is 31.1. The Kier molecular flexibility index (Phi) is 23.3. The fourth-order valence-electron chi connectivity index (χ4n) is 13.5. The van der Waals surface area contributed by atoms with Crippen molar-refractivity contribution in [2.24, 2.45) is 46.3 Å². The molecule has 2 aliphatic carbocycles. The number of carbonyl (C=O) groups excluding carboxylic acids is 6. The molecule has 0 N–H and O–H groups in total. The van der Waals surface area contributed by atoms with E-state index in [-0.39, 0.29) is 87.2 Å². The fourth-order valence-corrected chi connectivity index (χ4v) is 13.5. The molecule has 2 saturated heterocycles. The smallest absolute Gasteiger partial charge is 0.392 e. The minimum absolute atomic E-state index is 0. The molecule has 12 atom stereocenters. The molecule has 2 amide bonds. The number of alkyl halides is 4. The fraction of sp³-hybridized carbons (Fsp3) is 0.667. The van der Waals surface area contributed by atoms with Crippen molar-refractivity contribution in [3.05, 3.63) is 47.8 Å². The Morgan fingerprint density at radius 2 is 1.01 bits per heavy atom. The van der Waals surface area contributed by atoms with Gasteiger partial charge in [-0.05, 0) is 98.3 Å². The minimum atomic E-state index is -4.51. The van der Waals surface area contributed by atoms with Gasteiger partial charge >= 0.3 is 18.1 Å². The van der Waals surface area contributed by atoms with E-state index in [2.05, 4.69) is 6.29 Å². The van der Waals surface area contributed by atoms with Crippen LogP contribution in [-0.2, 0) is 88.2 Å². The van der Waals surface area contributed by atoms with E-state index < -0.39 is 114 Å². The minimum Gasteiger partial charge on any atom is -0.540 e. The molecule has 6 heterocycles. The van der Waals surface area contributed by atoms with Crippen LogP contribution in [0.15, 0.2) is 36.4 Å². The Balaban J connectivity index is 0.000000251. The maximum atomic E-state index is 14.1. The summed E-state index contributed by atoms with van der Waals surface area (Å²) in [6.07, 6.45) is 4.80. The van der Waals surface area contributed by atoms with Gasteiger partial charge in [-0.15, -0.1) is 0 Å². The molecule has 4 aromatic rings. The molecule has 6 aliphatic rings. The van der Waals surface area contributed by atoms with Gasteiger partial charge in [-0.1, -0.05) is 93.2 Å². The van der Waals surface area contributed by atoms with E-state index in [4.69, 9.17) is 48.4 Å². The van der Waals surface area contributed by atoms with Crippen molar-refractivity contribution >= 4 is 58.4 Å². The summed E-state index contributed by atoms with van der Waals surface area (Å²) in [4.78, 5) is 101. The number of esters is 2. The van der Waals surface area contributed by atoms with Crippen LogP contribution in [0.1, 0.15) is 157 Å². The van der Waals surface area contributed by atoms with Gasteiger partial charge in [0.05, 0.1) is 87.1 Å². The van der Waals surface area contributed by atoms with Gasteiger partial charge in [0.25, 0.3) is 0 Å². The monoisotopic (exact) mass is 1330 g/mol. The molecular formula is C66H84F4N6O12V2-2. The van der Waals surface area contributed by atoms with E-state index in [0.717, 1.165) is 43.3 Å². The Hall–Kier alpha value is -5.57. The number of nitrogens with zero attached hydrogens (tertiary/aromatic N) is 6. The van der Waals surface area contributed by atoms with Crippen molar-refractivity contribution in [2.75, 3.05) is 34.0 Å². The normalized spacial score (nSPS) is 29.5. The van der Waals surface area contributed by atoms with E-state index in [9.17, 15) is 46.3 Å². The van der Waals surface area contributed by atoms with Gasteiger partial charge in [0.2, 0.25) is 23.6 Å². The van der Waals surface area contributed by atoms with Gasteiger partial charge in [0.1, 0.15) is 46.3 Å². The van der Waals surface area contributed by atoms with E-state index in [1.807, 2.05) is 52.2 Å². The van der Waals surface area contributed by atoms with Crippen LogP contribution in [0.4, 0.5) is 17.6 Å². The molecule has 490 valence electrons. The van der Waals surface area contributed by atoms with Crippen molar-refractivity contribution in [3.63, 3.8) is 0 Å². The van der Waals surface area contributed by atoms with Gasteiger partial charge in [0, 0.05) is 67.5 Å². The zero-order valence-corrected chi connectivity index (χ0v) is 56.0. The number of rotatable bonds is 7. The van der Waals surface area contributed by atoms with Gasteiger partial charge in [-0.25, -0.2) is 32.5 Å². The number of amides is 2. The average Bonchev–Trinajstić information content (AvgIpc) is 1.64. The number of aromatic nitrogens is 4. The SMILES string of the molecule is COc1ccc2nc3c(nc2c1)O[C@H]1CN(C(=O)[C@H](C(C)(C)C)CC(=O)O[C@]2(CC(F)(F)F)C[C@H]2CCCCC3)[C@H]([C-]=O)[C@@H]1C.COc1ccc2nc3c(nc2c1)O[C@H]1CN(C(=O)[C@H](C(C)(C)C)CC(=O)O[C@]2(CCF)C[C@H]2CCCCC3)[C@H]([C-]=O)[C@@H]1C.[V].[V]. The first-order chi connectivity index (χ1) is 41.6. The predicted molar refractivity (Wildman–Crippen MR) is 316 cm³/mol. The Morgan fingerprint density at radius 1 is 0.600 bits per heavy atom. The van der Waals surface area contributed by atoms with Gasteiger partial charge in [0.15, 0.2) is 0 Å². The standard InChI is InChI=1S/C33H41F3N3O6.C33H43FN3O6.2V/c1-19-26(17-40)39-16-27(19)44-29-24(37-23-12-11-21(43-5)13-25(23)38-29)10-8-6-7-9-20-15-32(20,18-33(34,35)36)45-28(41)14-22(30(39)42)31(2,3)4;1-20-27(19-38)37-18-28(20)42-30-25(35-24-12-11-22(41-5)15-26(24)36-30)10-8-6-7-9-21-17-33(21,13-14-34)43-29(39)16-23(31(37)40)32(2,3)4;;/h11-13,19-20,22,26-27H,6-10,14-16,18H2,1-5H3;11-12,15,20-21,23,27-28H,6-10,13-14,16-18H2,1-5H3;;/q2*-1;;/t19-,20+,22+,26+,27-,32-;20-,21+,23+,27+,28-,33+;;/m00../s1. The number of hydrogen-bond acceptors (Lipinski definition) is 16. The second-order valence-electron chi connectivity index (χ2n) is 27.4. The van der Waals surface area contributed by atoms with Crippen LogP contribution in [-0.4, -0.2) is 142 Å². The van der Waals surface area contributed by atoms with E-state index in [1.54, 1.807) is 60.1 Å². The third-order valence-corrected chi connectivity index (χ3v) is 19.1. The Morgan fingerprint density at radius 3 is 1.40 bits per heavy atom. The molecule has 4 aliphatic heterocycles. The maximum Gasteiger partial charge on any atom is 0.392 e. The molecule has 4 fully saturated rings. The maximum absolute atomic E-state index is 14.1. The number of methoxy groups -OCH3 is 2. The van der Waals surface area contributed by atoms with E-state index >= 15 is 0 Å². The third kappa shape index (κ3) is 16.4. The molecule has 4 bridgehead atoms. The zero-order valence-electron chi connectivity index (χ0n) is 53.2. The molecule has 2 radical (unpaired) electrons. The first-order valence-electron chi connectivity index (χ1n) is 31.1. The van der Waals surface area contributed by atoms with Crippen LogP contribution in [0.25, 0.3) is 22.1 Å². The summed E-state index contributed by atoms with van der Waals surface area (Å²) < 4.78 is 89.7. The number of carbonyl (C=O) groups is 4. The molecule has 0 spiro atoms. The zero-order chi connectivity index (χ0) is 63.7. The Labute approximate surface area is 548 Å². The number of aryl methyl sites for hydroxylation is 2. The Bertz CT molecular complexity index is 3240. The van der Waals surface area contributed by atoms with Crippen molar-refractivity contribution in [3.8, 4) is 23.3 Å². The van der Waals surface area contributed by atoms with Crippen molar-refractivity contribution in [2.45, 2.75) is 200 Å². The molecule has 0 unspecified atom stereocenters. The summed E-state index contributed by atoms with van der Waals surface area (Å²) in [5.41, 5.74) is 0.159. The van der Waals surface area contributed by atoms with Crippen LogP contribution < -0.4 is 18.9 Å².